The number of ether oxygens (including phenoxy) is 4. The summed E-state index contributed by atoms with van der Waals surface area (Å²) in [5, 5.41) is 0. The molecule has 3 aliphatic carbocycles. The summed E-state index contributed by atoms with van der Waals surface area (Å²) in [4.78, 5) is 62.2. The molecule has 9 nitrogen and oxygen atoms in total. The van der Waals surface area contributed by atoms with Crippen LogP contribution in [0.4, 0.5) is 0 Å². The fraction of sp³-hybridized carbons (Fsp3) is 0.750. The third-order valence-corrected chi connectivity index (χ3v) is 10.1. The standard InChI is InChI=1S/C28H38O9/c1-14(29)34-20-13-22(36-16(3)31)27(7)17-9-10-26(6)19(12-23(32)37-24(26)33)28(17,8)21(35-15(2)30)11-18(27)25(20,4)5/h12,17-18,20-22H,9-11,13H2,1-8H3. The van der Waals surface area contributed by atoms with E-state index in [0.717, 1.165) is 0 Å². The van der Waals surface area contributed by atoms with Crippen molar-refractivity contribution in [1.82, 2.24) is 0 Å². The average Bonchev–Trinajstić information content (AvgIpc) is 2.74. The Morgan fingerprint density at radius 1 is 0.811 bits per heavy atom. The van der Waals surface area contributed by atoms with Crippen molar-refractivity contribution in [3.63, 3.8) is 0 Å². The normalized spacial score (nSPS) is 42.2. The molecule has 0 aromatic heterocycles. The van der Waals surface area contributed by atoms with Crippen LogP contribution in [0.25, 0.3) is 0 Å². The van der Waals surface area contributed by atoms with E-state index in [1.165, 1.54) is 26.8 Å². The molecule has 4 aliphatic rings. The maximum absolute atomic E-state index is 13.0. The van der Waals surface area contributed by atoms with Crippen LogP contribution < -0.4 is 0 Å². The SMILES string of the molecule is CC(=O)OC1CC(OC(C)=O)C2(C)C(CC(OC(C)=O)C3(C)C4=CC(=O)OC(=O)C4(C)CCC32)C1(C)C. The summed E-state index contributed by atoms with van der Waals surface area (Å²) < 4.78 is 22.7. The van der Waals surface area contributed by atoms with Crippen LogP contribution in [-0.2, 0) is 42.9 Å². The number of rotatable bonds is 3. The van der Waals surface area contributed by atoms with Gasteiger partial charge in [0.15, 0.2) is 0 Å². The number of esters is 5. The van der Waals surface area contributed by atoms with Crippen LogP contribution in [0.3, 0.4) is 0 Å². The number of fused-ring (bicyclic) bond motifs is 5. The Labute approximate surface area is 217 Å². The molecule has 4 rings (SSSR count). The third kappa shape index (κ3) is 3.91. The van der Waals surface area contributed by atoms with E-state index in [4.69, 9.17) is 18.9 Å². The fourth-order valence-corrected chi connectivity index (χ4v) is 8.52. The molecule has 0 N–H and O–H groups in total. The highest BCUT2D eigenvalue weighted by Gasteiger charge is 2.72. The summed E-state index contributed by atoms with van der Waals surface area (Å²) in [6.07, 6.45) is 1.31. The molecular formula is C28H38O9. The van der Waals surface area contributed by atoms with Gasteiger partial charge in [0, 0.05) is 49.5 Å². The molecule has 1 aliphatic heterocycles. The molecule has 0 radical (unpaired) electrons. The molecule has 0 bridgehead atoms. The number of hydrogen-bond acceptors (Lipinski definition) is 9. The van der Waals surface area contributed by atoms with E-state index in [2.05, 4.69) is 6.92 Å². The van der Waals surface area contributed by atoms with Gasteiger partial charge < -0.3 is 18.9 Å². The van der Waals surface area contributed by atoms with E-state index in [9.17, 15) is 24.0 Å². The van der Waals surface area contributed by atoms with Gasteiger partial charge in [0.2, 0.25) is 0 Å². The van der Waals surface area contributed by atoms with Crippen LogP contribution in [-0.4, -0.2) is 48.2 Å². The number of cyclic esters (lactones) is 2. The minimum atomic E-state index is -1.04. The van der Waals surface area contributed by atoms with Crippen molar-refractivity contribution < 1.29 is 42.9 Å². The van der Waals surface area contributed by atoms with Crippen LogP contribution >= 0.6 is 0 Å². The molecule has 3 fully saturated rings. The summed E-state index contributed by atoms with van der Waals surface area (Å²) in [6, 6.07) is 0. The first-order valence-corrected chi connectivity index (χ1v) is 13.0. The molecule has 0 spiro atoms. The first kappa shape index (κ1) is 27.3. The lowest BCUT2D eigenvalue weighted by Gasteiger charge is -2.69. The van der Waals surface area contributed by atoms with Crippen LogP contribution in [0.2, 0.25) is 0 Å². The maximum Gasteiger partial charge on any atom is 0.338 e. The molecule has 0 amide bonds. The Morgan fingerprint density at radius 3 is 1.92 bits per heavy atom. The van der Waals surface area contributed by atoms with Crippen molar-refractivity contribution in [2.45, 2.75) is 99.4 Å². The number of carbonyl (C=O) groups is 5. The highest BCUT2D eigenvalue weighted by atomic mass is 16.6. The molecule has 1 heterocycles. The van der Waals surface area contributed by atoms with E-state index in [-0.39, 0.29) is 11.8 Å². The monoisotopic (exact) mass is 518 g/mol. The molecular weight excluding hydrogens is 480 g/mol. The summed E-state index contributed by atoms with van der Waals surface area (Å²) in [7, 11) is 0. The lowest BCUT2D eigenvalue weighted by Crippen LogP contribution is -2.71. The third-order valence-electron chi connectivity index (χ3n) is 10.1. The second kappa shape index (κ2) is 8.67. The zero-order valence-electron chi connectivity index (χ0n) is 23.0. The molecule has 0 saturated heterocycles. The van der Waals surface area contributed by atoms with Crippen LogP contribution in [0, 0.1) is 33.5 Å². The second-order valence-electron chi connectivity index (χ2n) is 12.5. The summed E-state index contributed by atoms with van der Waals surface area (Å²) >= 11 is 0. The lowest BCUT2D eigenvalue weighted by atomic mass is 9.36. The maximum atomic E-state index is 13.0. The predicted octanol–water partition coefficient (Wildman–Crippen LogP) is 3.67. The van der Waals surface area contributed by atoms with Gasteiger partial charge in [-0.15, -0.1) is 0 Å². The van der Waals surface area contributed by atoms with Gasteiger partial charge in [0.25, 0.3) is 0 Å². The van der Waals surface area contributed by atoms with Gasteiger partial charge in [0.1, 0.15) is 18.3 Å². The lowest BCUT2D eigenvalue weighted by molar-refractivity contribution is -0.262. The first-order chi connectivity index (χ1) is 17.0. The Hall–Kier alpha value is -2.71. The van der Waals surface area contributed by atoms with Crippen molar-refractivity contribution in [3.05, 3.63) is 11.6 Å². The van der Waals surface area contributed by atoms with Crippen molar-refractivity contribution >= 4 is 29.8 Å². The number of carbonyl (C=O) groups excluding carboxylic acids is 5. The minimum Gasteiger partial charge on any atom is -0.462 e. The molecule has 0 aromatic carbocycles. The highest BCUT2D eigenvalue weighted by Crippen LogP contribution is 2.72. The molecule has 3 saturated carbocycles. The molecule has 204 valence electrons. The van der Waals surface area contributed by atoms with E-state index in [1.807, 2.05) is 20.8 Å². The van der Waals surface area contributed by atoms with E-state index >= 15 is 0 Å². The van der Waals surface area contributed by atoms with Crippen molar-refractivity contribution in [3.8, 4) is 0 Å². The first-order valence-electron chi connectivity index (χ1n) is 13.0. The largest absolute Gasteiger partial charge is 0.462 e. The summed E-state index contributed by atoms with van der Waals surface area (Å²) in [6.45, 7) is 14.0. The second-order valence-corrected chi connectivity index (χ2v) is 12.5. The van der Waals surface area contributed by atoms with Gasteiger partial charge in [0.05, 0.1) is 5.41 Å². The van der Waals surface area contributed by atoms with Crippen molar-refractivity contribution in [1.29, 1.82) is 0 Å². The van der Waals surface area contributed by atoms with Crippen LogP contribution in [0.15, 0.2) is 11.6 Å². The van der Waals surface area contributed by atoms with E-state index in [1.54, 1.807) is 6.92 Å². The average molecular weight is 519 g/mol. The van der Waals surface area contributed by atoms with E-state index < -0.39 is 69.8 Å². The summed E-state index contributed by atoms with van der Waals surface area (Å²) in [5.74, 6) is -3.05. The van der Waals surface area contributed by atoms with Gasteiger partial charge >= 0.3 is 29.8 Å². The van der Waals surface area contributed by atoms with Gasteiger partial charge in [-0.2, -0.15) is 0 Å². The van der Waals surface area contributed by atoms with Gasteiger partial charge in [-0.1, -0.05) is 27.7 Å². The molecule has 9 heteroatoms. The Balaban J connectivity index is 1.94. The molecule has 8 unspecified atom stereocenters. The minimum absolute atomic E-state index is 0.180. The Kier molecular flexibility index (Phi) is 6.40. The smallest absolute Gasteiger partial charge is 0.338 e. The van der Waals surface area contributed by atoms with E-state index in [0.29, 0.717) is 31.3 Å². The Morgan fingerprint density at radius 2 is 1.35 bits per heavy atom. The molecule has 8 atom stereocenters. The predicted molar refractivity (Wildman–Crippen MR) is 129 cm³/mol. The summed E-state index contributed by atoms with van der Waals surface area (Å²) in [5.41, 5.74) is -2.52. The quantitative estimate of drug-likeness (QED) is 0.313. The zero-order valence-corrected chi connectivity index (χ0v) is 23.0. The van der Waals surface area contributed by atoms with Crippen LogP contribution in [0.1, 0.15) is 81.1 Å². The van der Waals surface area contributed by atoms with Crippen molar-refractivity contribution in [2.24, 2.45) is 33.5 Å². The highest BCUT2D eigenvalue weighted by molar-refractivity contribution is 6.00. The zero-order chi connectivity index (χ0) is 27.7. The molecule has 0 aromatic rings. The Bertz CT molecular complexity index is 1090. The van der Waals surface area contributed by atoms with Gasteiger partial charge in [-0.3, -0.25) is 19.2 Å². The topological polar surface area (TPSA) is 122 Å². The van der Waals surface area contributed by atoms with Gasteiger partial charge in [-0.05, 0) is 43.6 Å². The van der Waals surface area contributed by atoms with Crippen LogP contribution in [0.5, 0.6) is 0 Å². The van der Waals surface area contributed by atoms with Crippen molar-refractivity contribution in [2.75, 3.05) is 0 Å². The number of hydrogen-bond donors (Lipinski definition) is 0. The van der Waals surface area contributed by atoms with Gasteiger partial charge in [-0.25, -0.2) is 4.79 Å². The fourth-order valence-electron chi connectivity index (χ4n) is 8.52. The molecule has 37 heavy (non-hydrogen) atoms.